The zero-order valence-electron chi connectivity index (χ0n) is 14.0. The van der Waals surface area contributed by atoms with E-state index in [1.807, 2.05) is 60.7 Å². The summed E-state index contributed by atoms with van der Waals surface area (Å²) in [6, 6.07) is 21.2. The van der Waals surface area contributed by atoms with Gasteiger partial charge >= 0.3 is 0 Å². The first-order valence-electron chi connectivity index (χ1n) is 8.50. The summed E-state index contributed by atoms with van der Waals surface area (Å²) in [5.41, 5.74) is 3.06. The van der Waals surface area contributed by atoms with Crippen molar-refractivity contribution in [3.63, 3.8) is 0 Å². The zero-order chi connectivity index (χ0) is 17.9. The van der Waals surface area contributed by atoms with Gasteiger partial charge in [-0.05, 0) is 12.8 Å². The van der Waals surface area contributed by atoms with Crippen LogP contribution in [0.1, 0.15) is 18.4 Å². The predicted octanol–water partition coefficient (Wildman–Crippen LogP) is 4.03. The molecule has 1 aromatic heterocycles. The molecule has 2 aromatic carbocycles. The Labute approximate surface area is 151 Å². The van der Waals surface area contributed by atoms with E-state index in [1.54, 1.807) is 0 Å². The largest absolute Gasteiger partial charge is 0.294 e. The highest BCUT2D eigenvalue weighted by Gasteiger charge is 2.30. The van der Waals surface area contributed by atoms with Crippen LogP contribution in [-0.2, 0) is 4.79 Å². The van der Waals surface area contributed by atoms with Crippen molar-refractivity contribution >= 4 is 11.9 Å². The summed E-state index contributed by atoms with van der Waals surface area (Å²) >= 11 is 0. The fraction of sp³-hybridized carbons (Fsp3) is 0.143. The van der Waals surface area contributed by atoms with Gasteiger partial charge in [-0.25, -0.2) is 9.97 Å². The van der Waals surface area contributed by atoms with Crippen LogP contribution in [-0.4, -0.2) is 15.9 Å². The number of amides is 1. The number of nitriles is 1. The number of benzene rings is 2. The fourth-order valence-corrected chi connectivity index (χ4v) is 2.79. The van der Waals surface area contributed by atoms with Crippen molar-refractivity contribution in [2.45, 2.75) is 12.8 Å². The highest BCUT2D eigenvalue weighted by molar-refractivity contribution is 5.93. The third kappa shape index (κ3) is 3.17. The number of aromatic nitrogens is 2. The molecule has 1 aliphatic rings. The van der Waals surface area contributed by atoms with Gasteiger partial charge in [0, 0.05) is 17.0 Å². The van der Waals surface area contributed by atoms with Crippen molar-refractivity contribution in [3.05, 3.63) is 66.2 Å². The Morgan fingerprint density at radius 2 is 1.42 bits per heavy atom. The average Bonchev–Trinajstić information content (AvgIpc) is 3.54. The van der Waals surface area contributed by atoms with E-state index in [-0.39, 0.29) is 17.8 Å². The second-order valence-electron chi connectivity index (χ2n) is 6.23. The maximum Gasteiger partial charge on any atom is 0.230 e. The van der Waals surface area contributed by atoms with Gasteiger partial charge in [0.2, 0.25) is 11.9 Å². The predicted molar refractivity (Wildman–Crippen MR) is 99.0 cm³/mol. The van der Waals surface area contributed by atoms with Gasteiger partial charge in [-0.1, -0.05) is 60.7 Å². The van der Waals surface area contributed by atoms with E-state index in [1.165, 1.54) is 0 Å². The minimum atomic E-state index is -0.0623. The molecule has 0 unspecified atom stereocenters. The Morgan fingerprint density at radius 1 is 0.923 bits per heavy atom. The Hall–Kier alpha value is -3.52. The summed E-state index contributed by atoms with van der Waals surface area (Å²) in [6.45, 7) is 0. The minimum Gasteiger partial charge on any atom is -0.294 e. The summed E-state index contributed by atoms with van der Waals surface area (Å²) in [5.74, 6) is 0.223. The number of nitrogens with zero attached hydrogens (tertiary/aromatic N) is 3. The summed E-state index contributed by atoms with van der Waals surface area (Å²) in [4.78, 5) is 21.1. The van der Waals surface area contributed by atoms with Gasteiger partial charge in [0.25, 0.3) is 0 Å². The van der Waals surface area contributed by atoms with Gasteiger partial charge in [-0.15, -0.1) is 0 Å². The van der Waals surface area contributed by atoms with Gasteiger partial charge in [0.05, 0.1) is 11.4 Å². The molecule has 26 heavy (non-hydrogen) atoms. The third-order valence-corrected chi connectivity index (χ3v) is 4.30. The number of rotatable bonds is 4. The van der Waals surface area contributed by atoms with Crippen LogP contribution in [0, 0.1) is 17.2 Å². The number of carbonyl (C=O) groups is 1. The number of nitrogens with one attached hydrogen (secondary N) is 1. The SMILES string of the molecule is N#Cc1c(-c2ccccc2)nc(NC(=O)C2CC2)nc1-c1ccccc1. The van der Waals surface area contributed by atoms with E-state index in [4.69, 9.17) is 0 Å². The van der Waals surface area contributed by atoms with Crippen LogP contribution in [0.2, 0.25) is 0 Å². The maximum atomic E-state index is 12.2. The molecule has 1 saturated carbocycles. The summed E-state index contributed by atoms with van der Waals surface area (Å²) in [7, 11) is 0. The number of hydrogen-bond acceptors (Lipinski definition) is 4. The Bertz CT molecular complexity index is 929. The van der Waals surface area contributed by atoms with Crippen molar-refractivity contribution < 1.29 is 4.79 Å². The fourth-order valence-electron chi connectivity index (χ4n) is 2.79. The van der Waals surface area contributed by atoms with Gasteiger partial charge in [0.1, 0.15) is 11.6 Å². The standard InChI is InChI=1S/C21H16N4O/c22-13-17-18(14-7-3-1-4-8-14)23-21(25-20(26)16-11-12-16)24-19(17)15-9-5-2-6-10-15/h1-10,16H,11-12H2,(H,23,24,25,26). The Morgan fingerprint density at radius 3 is 1.85 bits per heavy atom. The van der Waals surface area contributed by atoms with E-state index in [0.717, 1.165) is 24.0 Å². The van der Waals surface area contributed by atoms with Crippen LogP contribution in [0.25, 0.3) is 22.5 Å². The van der Waals surface area contributed by atoms with Gasteiger partial charge in [0.15, 0.2) is 0 Å². The lowest BCUT2D eigenvalue weighted by Crippen LogP contribution is -2.16. The van der Waals surface area contributed by atoms with Crippen LogP contribution in [0.4, 0.5) is 5.95 Å². The Kier molecular flexibility index (Phi) is 4.16. The molecular formula is C21H16N4O. The quantitative estimate of drug-likeness (QED) is 0.777. The molecule has 0 saturated heterocycles. The van der Waals surface area contributed by atoms with Crippen LogP contribution < -0.4 is 5.32 Å². The normalized spacial score (nSPS) is 13.0. The number of anilines is 1. The lowest BCUT2D eigenvalue weighted by molar-refractivity contribution is -0.117. The maximum absolute atomic E-state index is 12.2. The van der Waals surface area contributed by atoms with E-state index in [9.17, 15) is 10.1 Å². The van der Waals surface area contributed by atoms with Crippen molar-refractivity contribution in [2.24, 2.45) is 5.92 Å². The lowest BCUT2D eigenvalue weighted by Gasteiger charge is -2.12. The van der Waals surface area contributed by atoms with E-state index < -0.39 is 0 Å². The highest BCUT2D eigenvalue weighted by atomic mass is 16.2. The second kappa shape index (κ2) is 6.77. The molecule has 1 amide bonds. The molecule has 0 atom stereocenters. The van der Waals surface area contributed by atoms with Crippen molar-refractivity contribution in [3.8, 4) is 28.6 Å². The zero-order valence-corrected chi connectivity index (χ0v) is 14.0. The van der Waals surface area contributed by atoms with Crippen LogP contribution >= 0.6 is 0 Å². The van der Waals surface area contributed by atoms with Crippen LogP contribution in [0.5, 0.6) is 0 Å². The van der Waals surface area contributed by atoms with E-state index in [2.05, 4.69) is 21.4 Å². The molecule has 0 radical (unpaired) electrons. The molecule has 1 N–H and O–H groups in total. The molecular weight excluding hydrogens is 324 g/mol. The lowest BCUT2D eigenvalue weighted by atomic mass is 10.0. The van der Waals surface area contributed by atoms with Gasteiger partial charge < -0.3 is 0 Å². The van der Waals surface area contributed by atoms with Crippen molar-refractivity contribution in [2.75, 3.05) is 5.32 Å². The molecule has 5 nitrogen and oxygen atoms in total. The molecule has 126 valence electrons. The molecule has 1 fully saturated rings. The molecule has 5 heteroatoms. The van der Waals surface area contributed by atoms with Crippen LogP contribution in [0.3, 0.4) is 0 Å². The van der Waals surface area contributed by atoms with Crippen molar-refractivity contribution in [1.82, 2.24) is 9.97 Å². The molecule has 0 bridgehead atoms. The molecule has 0 aliphatic heterocycles. The monoisotopic (exact) mass is 340 g/mol. The molecule has 0 spiro atoms. The first-order chi connectivity index (χ1) is 12.8. The molecule has 1 heterocycles. The first-order valence-corrected chi connectivity index (χ1v) is 8.50. The summed E-state index contributed by atoms with van der Waals surface area (Å²) < 4.78 is 0. The molecule has 1 aliphatic carbocycles. The van der Waals surface area contributed by atoms with Gasteiger partial charge in [-0.3, -0.25) is 10.1 Å². The number of hydrogen-bond donors (Lipinski definition) is 1. The topological polar surface area (TPSA) is 78.7 Å². The third-order valence-electron chi connectivity index (χ3n) is 4.30. The second-order valence-corrected chi connectivity index (χ2v) is 6.23. The van der Waals surface area contributed by atoms with Crippen molar-refractivity contribution in [1.29, 1.82) is 5.26 Å². The summed E-state index contributed by atoms with van der Waals surface area (Å²) in [5, 5.41) is 12.6. The van der Waals surface area contributed by atoms with E-state index >= 15 is 0 Å². The van der Waals surface area contributed by atoms with E-state index in [0.29, 0.717) is 17.0 Å². The Balaban J connectivity index is 1.88. The smallest absolute Gasteiger partial charge is 0.230 e. The number of carbonyl (C=O) groups excluding carboxylic acids is 1. The first kappa shape index (κ1) is 16.0. The summed E-state index contributed by atoms with van der Waals surface area (Å²) in [6.07, 6.45) is 1.80. The minimum absolute atomic E-state index is 0.0505. The average molecular weight is 340 g/mol. The molecule has 3 aromatic rings. The van der Waals surface area contributed by atoms with Gasteiger partial charge in [-0.2, -0.15) is 5.26 Å². The highest BCUT2D eigenvalue weighted by Crippen LogP contribution is 2.32. The molecule has 4 rings (SSSR count). The van der Waals surface area contributed by atoms with Crippen LogP contribution in [0.15, 0.2) is 60.7 Å².